The van der Waals surface area contributed by atoms with Gasteiger partial charge in [0.15, 0.2) is 0 Å². The average molecular weight is 269 g/mol. The molecular weight excluding hydrogens is 259 g/mol. The fourth-order valence-corrected chi connectivity index (χ4v) is 1.74. The molecule has 1 heterocycles. The number of anilines is 2. The molecule has 2 rings (SSSR count). The van der Waals surface area contributed by atoms with Gasteiger partial charge in [-0.1, -0.05) is 12.1 Å². The van der Waals surface area contributed by atoms with E-state index in [1.807, 2.05) is 32.0 Å². The van der Waals surface area contributed by atoms with Crippen LogP contribution in [0.3, 0.4) is 0 Å². The molecule has 0 amide bonds. The number of benzene rings is 1. The number of aromatic nitrogens is 3. The smallest absolute Gasteiger partial charge is 0.232 e. The van der Waals surface area contributed by atoms with Crippen LogP contribution < -0.4 is 5.32 Å². The van der Waals surface area contributed by atoms with E-state index >= 15 is 0 Å². The highest BCUT2D eigenvalue weighted by atomic mass is 35.5. The maximum atomic E-state index is 5.70. The first-order valence-electron chi connectivity index (χ1n) is 4.96. The fourth-order valence-electron chi connectivity index (χ4n) is 1.37. The van der Waals surface area contributed by atoms with Crippen LogP contribution in [-0.4, -0.2) is 15.0 Å². The van der Waals surface area contributed by atoms with Gasteiger partial charge < -0.3 is 5.32 Å². The Bertz CT molecular complexity index is 537. The topological polar surface area (TPSA) is 50.7 Å². The molecule has 0 aliphatic rings. The van der Waals surface area contributed by atoms with Crippen LogP contribution in [0.15, 0.2) is 18.2 Å². The van der Waals surface area contributed by atoms with Crippen molar-refractivity contribution in [3.05, 3.63) is 39.9 Å². The van der Waals surface area contributed by atoms with Gasteiger partial charge in [-0.25, -0.2) is 0 Å². The third kappa shape index (κ3) is 3.05. The van der Waals surface area contributed by atoms with Gasteiger partial charge in [-0.3, -0.25) is 0 Å². The van der Waals surface area contributed by atoms with Gasteiger partial charge in [-0.15, -0.1) is 0 Å². The highest BCUT2D eigenvalue weighted by molar-refractivity contribution is 6.31. The van der Waals surface area contributed by atoms with E-state index in [1.54, 1.807) is 0 Å². The van der Waals surface area contributed by atoms with E-state index in [-0.39, 0.29) is 10.6 Å². The monoisotopic (exact) mass is 268 g/mol. The molecule has 0 atom stereocenters. The second kappa shape index (κ2) is 4.85. The van der Waals surface area contributed by atoms with Crippen LogP contribution >= 0.6 is 23.2 Å². The molecule has 6 heteroatoms. The van der Waals surface area contributed by atoms with Crippen molar-refractivity contribution < 1.29 is 0 Å². The summed E-state index contributed by atoms with van der Waals surface area (Å²) in [6, 6.07) is 6.05. The molecule has 88 valence electrons. The Morgan fingerprint density at radius 2 is 1.65 bits per heavy atom. The van der Waals surface area contributed by atoms with E-state index in [1.165, 1.54) is 0 Å². The number of aryl methyl sites for hydroxylation is 2. The van der Waals surface area contributed by atoms with Gasteiger partial charge in [0.2, 0.25) is 16.5 Å². The molecule has 0 radical (unpaired) electrons. The van der Waals surface area contributed by atoms with E-state index in [0.29, 0.717) is 5.95 Å². The van der Waals surface area contributed by atoms with Crippen molar-refractivity contribution in [2.45, 2.75) is 13.8 Å². The lowest BCUT2D eigenvalue weighted by Crippen LogP contribution is -2.01. The summed E-state index contributed by atoms with van der Waals surface area (Å²) >= 11 is 11.4. The zero-order chi connectivity index (χ0) is 12.4. The van der Waals surface area contributed by atoms with Gasteiger partial charge in [-0.2, -0.15) is 15.0 Å². The molecule has 0 unspecified atom stereocenters. The van der Waals surface area contributed by atoms with E-state index in [2.05, 4.69) is 20.3 Å². The first-order valence-corrected chi connectivity index (χ1v) is 5.71. The van der Waals surface area contributed by atoms with Crippen molar-refractivity contribution in [1.29, 1.82) is 0 Å². The van der Waals surface area contributed by atoms with Gasteiger partial charge >= 0.3 is 0 Å². The summed E-state index contributed by atoms with van der Waals surface area (Å²) in [5.74, 6) is 0.337. The Morgan fingerprint density at radius 1 is 1.00 bits per heavy atom. The molecule has 1 N–H and O–H groups in total. The molecule has 17 heavy (non-hydrogen) atoms. The maximum Gasteiger partial charge on any atom is 0.232 e. The van der Waals surface area contributed by atoms with E-state index in [0.717, 1.165) is 16.8 Å². The van der Waals surface area contributed by atoms with Crippen LogP contribution in [0.25, 0.3) is 0 Å². The average Bonchev–Trinajstić information content (AvgIpc) is 2.22. The lowest BCUT2D eigenvalue weighted by atomic mass is 10.1. The van der Waals surface area contributed by atoms with Gasteiger partial charge in [0.1, 0.15) is 0 Å². The highest BCUT2D eigenvalue weighted by Gasteiger charge is 2.05. The van der Waals surface area contributed by atoms with Crippen LogP contribution in [0.5, 0.6) is 0 Å². The summed E-state index contributed by atoms with van der Waals surface area (Å²) in [6.45, 7) is 4.00. The molecule has 0 aliphatic carbocycles. The van der Waals surface area contributed by atoms with Crippen molar-refractivity contribution in [2.75, 3.05) is 5.32 Å². The van der Waals surface area contributed by atoms with Gasteiger partial charge in [0.05, 0.1) is 0 Å². The van der Waals surface area contributed by atoms with Crippen LogP contribution in [-0.2, 0) is 0 Å². The summed E-state index contributed by atoms with van der Waals surface area (Å²) < 4.78 is 0. The summed E-state index contributed by atoms with van der Waals surface area (Å²) in [4.78, 5) is 11.6. The van der Waals surface area contributed by atoms with Crippen LogP contribution in [0.2, 0.25) is 10.6 Å². The Kier molecular flexibility index (Phi) is 3.45. The van der Waals surface area contributed by atoms with E-state index in [4.69, 9.17) is 23.2 Å². The third-order valence-electron chi connectivity index (χ3n) is 2.22. The minimum atomic E-state index is 0.0674. The molecule has 0 saturated carbocycles. The molecule has 0 saturated heterocycles. The zero-order valence-corrected chi connectivity index (χ0v) is 10.8. The minimum absolute atomic E-state index is 0.0674. The van der Waals surface area contributed by atoms with Crippen molar-refractivity contribution >= 4 is 34.8 Å². The quantitative estimate of drug-likeness (QED) is 0.905. The predicted octanol–water partition coefficient (Wildman–Crippen LogP) is 3.54. The molecule has 0 aliphatic heterocycles. The molecule has 4 nitrogen and oxygen atoms in total. The molecule has 1 aromatic carbocycles. The van der Waals surface area contributed by atoms with Crippen molar-refractivity contribution in [3.8, 4) is 0 Å². The predicted molar refractivity (Wildman–Crippen MR) is 69.0 cm³/mol. The van der Waals surface area contributed by atoms with Crippen molar-refractivity contribution in [1.82, 2.24) is 15.0 Å². The van der Waals surface area contributed by atoms with Crippen LogP contribution in [0.4, 0.5) is 11.6 Å². The fraction of sp³-hybridized carbons (Fsp3) is 0.182. The van der Waals surface area contributed by atoms with Gasteiger partial charge in [0.25, 0.3) is 0 Å². The Morgan fingerprint density at radius 3 is 2.29 bits per heavy atom. The molecule has 0 bridgehead atoms. The molecule has 0 spiro atoms. The summed E-state index contributed by atoms with van der Waals surface area (Å²) in [5, 5.41) is 3.20. The molecular formula is C11H10Cl2N4. The lowest BCUT2D eigenvalue weighted by Gasteiger charge is -2.08. The SMILES string of the molecule is Cc1ccc(C)c(Nc2nc(Cl)nc(Cl)n2)c1. The van der Waals surface area contributed by atoms with Crippen LogP contribution in [0.1, 0.15) is 11.1 Å². The Balaban J connectivity index is 2.34. The van der Waals surface area contributed by atoms with E-state index in [9.17, 15) is 0 Å². The number of nitrogens with zero attached hydrogens (tertiary/aromatic N) is 3. The first kappa shape index (κ1) is 12.1. The number of nitrogens with one attached hydrogen (secondary N) is 1. The molecule has 0 fully saturated rings. The number of halogens is 2. The molecule has 1 aromatic heterocycles. The number of rotatable bonds is 2. The molecule has 2 aromatic rings. The number of hydrogen-bond donors (Lipinski definition) is 1. The normalized spacial score (nSPS) is 10.4. The second-order valence-corrected chi connectivity index (χ2v) is 4.32. The summed E-state index contributed by atoms with van der Waals surface area (Å²) in [5.41, 5.74) is 3.15. The third-order valence-corrected chi connectivity index (χ3v) is 2.56. The number of hydrogen-bond acceptors (Lipinski definition) is 4. The Hall–Kier alpha value is -1.39. The van der Waals surface area contributed by atoms with E-state index < -0.39 is 0 Å². The van der Waals surface area contributed by atoms with Crippen molar-refractivity contribution in [2.24, 2.45) is 0 Å². The zero-order valence-electron chi connectivity index (χ0n) is 9.33. The van der Waals surface area contributed by atoms with Gasteiger partial charge in [0, 0.05) is 5.69 Å². The summed E-state index contributed by atoms with van der Waals surface area (Å²) in [6.07, 6.45) is 0. The largest absolute Gasteiger partial charge is 0.324 e. The van der Waals surface area contributed by atoms with Crippen LogP contribution in [0, 0.1) is 13.8 Å². The van der Waals surface area contributed by atoms with Crippen molar-refractivity contribution in [3.63, 3.8) is 0 Å². The standard InChI is InChI=1S/C11H10Cl2N4/c1-6-3-4-7(2)8(5-6)14-11-16-9(12)15-10(13)17-11/h3-5H,1-2H3,(H,14,15,16,17). The first-order chi connectivity index (χ1) is 8.04. The maximum absolute atomic E-state index is 5.70. The summed E-state index contributed by atoms with van der Waals surface area (Å²) in [7, 11) is 0. The highest BCUT2D eigenvalue weighted by Crippen LogP contribution is 2.20. The lowest BCUT2D eigenvalue weighted by molar-refractivity contribution is 1.05. The minimum Gasteiger partial charge on any atom is -0.324 e. The Labute approximate surface area is 109 Å². The van der Waals surface area contributed by atoms with Gasteiger partial charge in [-0.05, 0) is 54.2 Å². The second-order valence-electron chi connectivity index (χ2n) is 3.64.